The minimum atomic E-state index is -0.110. The summed E-state index contributed by atoms with van der Waals surface area (Å²) in [6, 6.07) is 11.4. The zero-order chi connectivity index (χ0) is 20.1. The molecule has 1 fully saturated rings. The molecule has 0 saturated carbocycles. The molecule has 2 N–H and O–H groups in total. The third kappa shape index (κ3) is 4.75. The number of para-hydroxylation sites is 1. The summed E-state index contributed by atoms with van der Waals surface area (Å²) < 4.78 is 7.94. The number of rotatable bonds is 7. The number of amides is 1. The minimum absolute atomic E-state index is 0.110. The molecular formula is C22H27N5O2. The predicted octanol–water partition coefficient (Wildman–Crippen LogP) is 1.86. The second kappa shape index (κ2) is 9.07. The molecule has 0 atom stereocenters. The summed E-state index contributed by atoms with van der Waals surface area (Å²) in [5.74, 6) is 0.461. The van der Waals surface area contributed by atoms with Crippen LogP contribution in [0.15, 0.2) is 48.8 Å². The van der Waals surface area contributed by atoms with Crippen molar-refractivity contribution in [3.05, 3.63) is 65.6 Å². The number of hydrogen-bond donors (Lipinski definition) is 2. The smallest absolute Gasteiger partial charge is 0.255 e. The molecule has 152 valence electrons. The fourth-order valence-corrected chi connectivity index (χ4v) is 3.56. The molecule has 7 heteroatoms. The molecule has 1 aliphatic rings. The van der Waals surface area contributed by atoms with Crippen molar-refractivity contribution >= 4 is 11.6 Å². The van der Waals surface area contributed by atoms with E-state index in [0.717, 1.165) is 49.6 Å². The first kappa shape index (κ1) is 19.4. The Kier molecular flexibility index (Phi) is 6.07. The number of aryl methyl sites for hydroxylation is 1. The van der Waals surface area contributed by atoms with Crippen LogP contribution in [0.4, 0.5) is 0 Å². The Morgan fingerprint density at radius 1 is 1.21 bits per heavy atom. The van der Waals surface area contributed by atoms with Crippen molar-refractivity contribution in [1.82, 2.24) is 24.9 Å². The third-order valence-electron chi connectivity index (χ3n) is 5.16. The Bertz CT molecular complexity index is 978. The van der Waals surface area contributed by atoms with Crippen molar-refractivity contribution in [1.29, 1.82) is 0 Å². The first-order chi connectivity index (χ1) is 14.2. The maximum atomic E-state index is 12.7. The van der Waals surface area contributed by atoms with Gasteiger partial charge in [0.2, 0.25) is 0 Å². The maximum Gasteiger partial charge on any atom is 0.255 e. The molecule has 0 aliphatic carbocycles. The van der Waals surface area contributed by atoms with Gasteiger partial charge in [-0.1, -0.05) is 18.2 Å². The second-order valence-electron chi connectivity index (χ2n) is 7.29. The van der Waals surface area contributed by atoms with E-state index in [1.165, 1.54) is 0 Å². The molecule has 29 heavy (non-hydrogen) atoms. The van der Waals surface area contributed by atoms with E-state index in [2.05, 4.69) is 20.5 Å². The Morgan fingerprint density at radius 2 is 2.03 bits per heavy atom. The molecule has 0 bridgehead atoms. The average molecular weight is 393 g/mol. The molecule has 0 unspecified atom stereocenters. The number of carbonyl (C=O) groups is 1. The van der Waals surface area contributed by atoms with Gasteiger partial charge in [-0.05, 0) is 30.7 Å². The Morgan fingerprint density at radius 3 is 2.86 bits per heavy atom. The van der Waals surface area contributed by atoms with Crippen molar-refractivity contribution in [2.45, 2.75) is 13.5 Å². The normalized spacial score (nSPS) is 14.8. The lowest BCUT2D eigenvalue weighted by Gasteiger charge is -2.27. The number of pyridine rings is 1. The number of carbonyl (C=O) groups excluding carboxylic acids is 1. The van der Waals surface area contributed by atoms with Crippen LogP contribution in [0, 0.1) is 6.92 Å². The van der Waals surface area contributed by atoms with Gasteiger partial charge in [0, 0.05) is 51.7 Å². The standard InChI is InChI=1S/C22H27N5O2/c1-17-5-4-11-27-15-18(25-21(17)27)16-29-20-7-3-2-6-19(20)22(28)24-10-14-26-12-8-23-9-13-26/h2-7,11,15,23H,8-10,12-14,16H2,1H3,(H,24,28). The number of nitrogens with zero attached hydrogens (tertiary/aromatic N) is 3. The number of ether oxygens (including phenoxy) is 1. The van der Waals surface area contributed by atoms with Crippen molar-refractivity contribution in [3.63, 3.8) is 0 Å². The molecule has 2 aromatic heterocycles. The van der Waals surface area contributed by atoms with Gasteiger partial charge in [-0.3, -0.25) is 9.69 Å². The molecule has 3 heterocycles. The number of hydrogen-bond acceptors (Lipinski definition) is 5. The summed E-state index contributed by atoms with van der Waals surface area (Å²) in [6.07, 6.45) is 3.93. The highest BCUT2D eigenvalue weighted by atomic mass is 16.5. The lowest BCUT2D eigenvalue weighted by Crippen LogP contribution is -2.46. The van der Waals surface area contributed by atoms with E-state index in [1.807, 2.05) is 54.0 Å². The molecule has 0 spiro atoms. The zero-order valence-corrected chi connectivity index (χ0v) is 16.7. The van der Waals surface area contributed by atoms with E-state index in [0.29, 0.717) is 24.5 Å². The van der Waals surface area contributed by atoms with Crippen molar-refractivity contribution in [2.24, 2.45) is 0 Å². The van der Waals surface area contributed by atoms with Crippen LogP contribution >= 0.6 is 0 Å². The summed E-state index contributed by atoms with van der Waals surface area (Å²) in [7, 11) is 0. The van der Waals surface area contributed by atoms with Gasteiger partial charge in [0.25, 0.3) is 5.91 Å². The highest BCUT2D eigenvalue weighted by Crippen LogP contribution is 2.20. The lowest BCUT2D eigenvalue weighted by atomic mass is 10.2. The van der Waals surface area contributed by atoms with Gasteiger partial charge in [0.1, 0.15) is 18.0 Å². The highest BCUT2D eigenvalue weighted by Gasteiger charge is 2.14. The number of nitrogens with one attached hydrogen (secondary N) is 2. The number of piperazine rings is 1. The maximum absolute atomic E-state index is 12.7. The molecule has 1 saturated heterocycles. The Labute approximate surface area is 170 Å². The number of imidazole rings is 1. The van der Waals surface area contributed by atoms with E-state index in [-0.39, 0.29) is 5.91 Å². The summed E-state index contributed by atoms with van der Waals surface area (Å²) in [5.41, 5.74) is 3.41. The van der Waals surface area contributed by atoms with Gasteiger partial charge in [-0.25, -0.2) is 4.98 Å². The Hall–Kier alpha value is -2.90. The van der Waals surface area contributed by atoms with Crippen LogP contribution in [0.5, 0.6) is 5.75 Å². The fourth-order valence-electron chi connectivity index (χ4n) is 3.56. The van der Waals surface area contributed by atoms with Gasteiger partial charge in [0.15, 0.2) is 0 Å². The van der Waals surface area contributed by atoms with E-state index in [4.69, 9.17) is 4.74 Å². The van der Waals surface area contributed by atoms with Crippen LogP contribution in [-0.4, -0.2) is 59.5 Å². The first-order valence-corrected chi connectivity index (χ1v) is 10.1. The molecule has 1 aliphatic heterocycles. The molecule has 1 aromatic carbocycles. The number of aromatic nitrogens is 2. The second-order valence-corrected chi connectivity index (χ2v) is 7.29. The quantitative estimate of drug-likeness (QED) is 0.641. The lowest BCUT2D eigenvalue weighted by molar-refractivity contribution is 0.0942. The van der Waals surface area contributed by atoms with Crippen LogP contribution in [0.2, 0.25) is 0 Å². The van der Waals surface area contributed by atoms with E-state index >= 15 is 0 Å². The molecular weight excluding hydrogens is 366 g/mol. The number of fused-ring (bicyclic) bond motifs is 1. The Balaban J connectivity index is 1.36. The van der Waals surface area contributed by atoms with E-state index in [9.17, 15) is 4.79 Å². The number of benzene rings is 1. The molecule has 1 amide bonds. The van der Waals surface area contributed by atoms with Gasteiger partial charge in [-0.15, -0.1) is 0 Å². The van der Waals surface area contributed by atoms with Crippen molar-refractivity contribution in [2.75, 3.05) is 39.3 Å². The molecule has 4 rings (SSSR count). The summed E-state index contributed by atoms with van der Waals surface area (Å²) in [4.78, 5) is 19.6. The first-order valence-electron chi connectivity index (χ1n) is 10.1. The summed E-state index contributed by atoms with van der Waals surface area (Å²) in [6.45, 7) is 7.89. The highest BCUT2D eigenvalue weighted by molar-refractivity contribution is 5.96. The van der Waals surface area contributed by atoms with Gasteiger partial charge in [0.05, 0.1) is 11.3 Å². The zero-order valence-electron chi connectivity index (χ0n) is 16.7. The average Bonchev–Trinajstić information content (AvgIpc) is 3.18. The topological polar surface area (TPSA) is 70.9 Å². The van der Waals surface area contributed by atoms with E-state index < -0.39 is 0 Å². The molecule has 0 radical (unpaired) electrons. The summed E-state index contributed by atoms with van der Waals surface area (Å²) >= 11 is 0. The minimum Gasteiger partial charge on any atom is -0.486 e. The predicted molar refractivity (Wildman–Crippen MR) is 112 cm³/mol. The largest absolute Gasteiger partial charge is 0.486 e. The monoisotopic (exact) mass is 393 g/mol. The fraction of sp³-hybridized carbons (Fsp3) is 0.364. The van der Waals surface area contributed by atoms with Gasteiger partial charge in [-0.2, -0.15) is 0 Å². The van der Waals surface area contributed by atoms with Crippen LogP contribution in [0.3, 0.4) is 0 Å². The third-order valence-corrected chi connectivity index (χ3v) is 5.16. The van der Waals surface area contributed by atoms with Crippen molar-refractivity contribution in [3.8, 4) is 5.75 Å². The van der Waals surface area contributed by atoms with Gasteiger partial charge >= 0.3 is 0 Å². The molecule has 3 aromatic rings. The van der Waals surface area contributed by atoms with Crippen LogP contribution in [0.25, 0.3) is 5.65 Å². The van der Waals surface area contributed by atoms with E-state index in [1.54, 1.807) is 6.07 Å². The SMILES string of the molecule is Cc1cccn2cc(COc3ccccc3C(=O)NCCN3CCNCC3)nc12. The van der Waals surface area contributed by atoms with Gasteiger partial charge < -0.3 is 19.8 Å². The summed E-state index contributed by atoms with van der Waals surface area (Å²) in [5, 5.41) is 6.35. The van der Waals surface area contributed by atoms with Crippen LogP contribution in [-0.2, 0) is 6.61 Å². The van der Waals surface area contributed by atoms with Crippen LogP contribution < -0.4 is 15.4 Å². The molecule has 7 nitrogen and oxygen atoms in total. The van der Waals surface area contributed by atoms with Crippen molar-refractivity contribution < 1.29 is 9.53 Å². The van der Waals surface area contributed by atoms with Crippen LogP contribution in [0.1, 0.15) is 21.6 Å².